The zero-order chi connectivity index (χ0) is 17.8. The maximum absolute atomic E-state index is 12.0. The first kappa shape index (κ1) is 19.0. The van der Waals surface area contributed by atoms with E-state index in [-0.39, 0.29) is 12.1 Å². The monoisotopic (exact) mass is 343 g/mol. The minimum atomic E-state index is -3.53. The first-order chi connectivity index (χ1) is 10.5. The van der Waals surface area contributed by atoms with Crippen LogP contribution in [-0.4, -0.2) is 50.1 Å². The van der Waals surface area contributed by atoms with Gasteiger partial charge in [0.2, 0.25) is 5.91 Å². The summed E-state index contributed by atoms with van der Waals surface area (Å²) in [6, 6.07) is 4.46. The fourth-order valence-corrected chi connectivity index (χ4v) is 2.19. The van der Waals surface area contributed by atoms with E-state index < -0.39 is 26.5 Å². The van der Waals surface area contributed by atoms with Gasteiger partial charge in [-0.2, -0.15) is 0 Å². The number of benzene rings is 1. The molecule has 0 aliphatic rings. The smallest absolute Gasteiger partial charge is 0.335 e. The Bertz CT molecular complexity index is 709. The van der Waals surface area contributed by atoms with Crippen molar-refractivity contribution in [2.24, 2.45) is 0 Å². The first-order valence-electron chi connectivity index (χ1n) is 6.89. The molecule has 0 saturated heterocycles. The van der Waals surface area contributed by atoms with Crippen LogP contribution in [0.15, 0.2) is 18.2 Å². The zero-order valence-corrected chi connectivity index (χ0v) is 14.4. The summed E-state index contributed by atoms with van der Waals surface area (Å²) in [5, 5.41) is 11.5. The van der Waals surface area contributed by atoms with Crippen LogP contribution in [0.1, 0.15) is 29.8 Å². The van der Waals surface area contributed by atoms with Crippen LogP contribution in [0.4, 0.5) is 0 Å². The minimum absolute atomic E-state index is 0.104. The maximum atomic E-state index is 12.0. The SMILES string of the molecule is COc1cc(C(=O)O)ccc1CCNC(=O)C(C)(C)S(C)(=O)=O. The summed E-state index contributed by atoms with van der Waals surface area (Å²) in [6.45, 7) is 2.90. The third-order valence-corrected chi connectivity index (χ3v) is 5.73. The predicted octanol–water partition coefficient (Wildman–Crippen LogP) is 0.875. The molecule has 23 heavy (non-hydrogen) atoms. The second-order valence-corrected chi connectivity index (χ2v) is 8.19. The van der Waals surface area contributed by atoms with Crippen molar-refractivity contribution >= 4 is 21.7 Å². The van der Waals surface area contributed by atoms with E-state index in [1.54, 1.807) is 6.07 Å². The van der Waals surface area contributed by atoms with E-state index in [9.17, 15) is 18.0 Å². The van der Waals surface area contributed by atoms with E-state index in [4.69, 9.17) is 9.84 Å². The van der Waals surface area contributed by atoms with Crippen LogP contribution in [-0.2, 0) is 21.1 Å². The van der Waals surface area contributed by atoms with Gasteiger partial charge in [0.05, 0.1) is 12.7 Å². The number of methoxy groups -OCH3 is 1. The molecule has 0 aliphatic carbocycles. The summed E-state index contributed by atoms with van der Waals surface area (Å²) in [7, 11) is -2.10. The normalized spacial score (nSPS) is 11.8. The van der Waals surface area contributed by atoms with E-state index >= 15 is 0 Å². The standard InChI is InChI=1S/C15H21NO6S/c1-15(2,23(4,20)21)14(19)16-8-7-10-5-6-11(13(17)18)9-12(10)22-3/h5-6,9H,7-8H2,1-4H3,(H,16,19)(H,17,18). The summed E-state index contributed by atoms with van der Waals surface area (Å²) in [5.41, 5.74) is 0.822. The lowest BCUT2D eigenvalue weighted by atomic mass is 10.1. The van der Waals surface area contributed by atoms with Gasteiger partial charge < -0.3 is 15.2 Å². The van der Waals surface area contributed by atoms with Gasteiger partial charge >= 0.3 is 5.97 Å². The van der Waals surface area contributed by atoms with Gasteiger partial charge in [0.1, 0.15) is 10.5 Å². The molecule has 0 radical (unpaired) electrons. The van der Waals surface area contributed by atoms with Crippen LogP contribution >= 0.6 is 0 Å². The second kappa shape index (κ2) is 6.99. The number of hydrogen-bond donors (Lipinski definition) is 2. The highest BCUT2D eigenvalue weighted by atomic mass is 32.2. The highest BCUT2D eigenvalue weighted by molar-refractivity contribution is 7.92. The molecule has 1 rings (SSSR count). The molecule has 1 aromatic carbocycles. The topological polar surface area (TPSA) is 110 Å². The first-order valence-corrected chi connectivity index (χ1v) is 8.78. The molecule has 0 aromatic heterocycles. The number of hydrogen-bond acceptors (Lipinski definition) is 5. The van der Waals surface area contributed by atoms with Crippen LogP contribution < -0.4 is 10.1 Å². The number of carbonyl (C=O) groups excluding carboxylic acids is 1. The Labute approximate surface area is 135 Å². The van der Waals surface area contributed by atoms with E-state index in [1.807, 2.05) is 0 Å². The fraction of sp³-hybridized carbons (Fsp3) is 0.467. The van der Waals surface area contributed by atoms with Crippen LogP contribution in [0.3, 0.4) is 0 Å². The number of carboxylic acid groups (broad SMARTS) is 1. The predicted molar refractivity (Wildman–Crippen MR) is 85.6 cm³/mol. The summed E-state index contributed by atoms with van der Waals surface area (Å²) in [4.78, 5) is 22.9. The Morgan fingerprint density at radius 2 is 1.91 bits per heavy atom. The molecule has 0 atom stereocenters. The van der Waals surface area contributed by atoms with E-state index in [0.29, 0.717) is 12.2 Å². The lowest BCUT2D eigenvalue weighted by molar-refractivity contribution is -0.122. The molecule has 1 aromatic rings. The third kappa shape index (κ3) is 4.44. The Morgan fingerprint density at radius 1 is 1.30 bits per heavy atom. The van der Waals surface area contributed by atoms with Gasteiger partial charge in [0.15, 0.2) is 9.84 Å². The third-order valence-electron chi connectivity index (χ3n) is 3.69. The van der Waals surface area contributed by atoms with Crippen molar-refractivity contribution in [1.29, 1.82) is 0 Å². The van der Waals surface area contributed by atoms with Crippen LogP contribution in [0.25, 0.3) is 0 Å². The molecule has 0 spiro atoms. The summed E-state index contributed by atoms with van der Waals surface area (Å²) >= 11 is 0. The molecular weight excluding hydrogens is 322 g/mol. The summed E-state index contributed by atoms with van der Waals surface area (Å²) in [5.74, 6) is -1.24. The van der Waals surface area contributed by atoms with E-state index in [0.717, 1.165) is 11.8 Å². The van der Waals surface area contributed by atoms with Crippen molar-refractivity contribution < 1.29 is 27.9 Å². The van der Waals surface area contributed by atoms with Crippen molar-refractivity contribution in [1.82, 2.24) is 5.32 Å². The van der Waals surface area contributed by atoms with Gasteiger partial charge in [-0.05, 0) is 38.0 Å². The second-order valence-electron chi connectivity index (χ2n) is 5.62. The van der Waals surface area contributed by atoms with Crippen LogP contribution in [0.2, 0.25) is 0 Å². The number of sulfone groups is 1. The average molecular weight is 343 g/mol. The van der Waals surface area contributed by atoms with Gasteiger partial charge in [-0.25, -0.2) is 13.2 Å². The van der Waals surface area contributed by atoms with Gasteiger partial charge in [-0.1, -0.05) is 6.07 Å². The largest absolute Gasteiger partial charge is 0.496 e. The molecule has 0 aliphatic heterocycles. The molecule has 8 heteroatoms. The van der Waals surface area contributed by atoms with Crippen molar-refractivity contribution in [3.05, 3.63) is 29.3 Å². The molecule has 7 nitrogen and oxygen atoms in total. The fourth-order valence-electron chi connectivity index (χ4n) is 1.78. The Hall–Kier alpha value is -2.09. The molecule has 0 heterocycles. The number of ether oxygens (including phenoxy) is 1. The zero-order valence-electron chi connectivity index (χ0n) is 13.5. The molecule has 0 bridgehead atoms. The van der Waals surface area contributed by atoms with Crippen molar-refractivity contribution in [3.8, 4) is 5.75 Å². The molecule has 0 fully saturated rings. The quantitative estimate of drug-likeness (QED) is 0.760. The number of amides is 1. The molecule has 0 unspecified atom stereocenters. The van der Waals surface area contributed by atoms with Gasteiger partial charge in [0, 0.05) is 12.8 Å². The number of carboxylic acids is 1. The van der Waals surface area contributed by atoms with Crippen LogP contribution in [0.5, 0.6) is 5.75 Å². The highest BCUT2D eigenvalue weighted by Gasteiger charge is 2.38. The van der Waals surface area contributed by atoms with Gasteiger partial charge in [-0.3, -0.25) is 4.79 Å². The van der Waals surface area contributed by atoms with Crippen molar-refractivity contribution in [2.75, 3.05) is 19.9 Å². The number of carbonyl (C=O) groups is 2. The molecular formula is C15H21NO6S. The highest BCUT2D eigenvalue weighted by Crippen LogP contribution is 2.21. The average Bonchev–Trinajstić information content (AvgIpc) is 2.45. The van der Waals surface area contributed by atoms with Crippen molar-refractivity contribution in [3.63, 3.8) is 0 Å². The molecule has 1 amide bonds. The Kier molecular flexibility index (Phi) is 5.76. The van der Waals surface area contributed by atoms with E-state index in [1.165, 1.54) is 33.1 Å². The molecule has 0 saturated carbocycles. The summed E-state index contributed by atoms with van der Waals surface area (Å²) < 4.78 is 26.8. The van der Waals surface area contributed by atoms with Crippen LogP contribution in [0, 0.1) is 0 Å². The lowest BCUT2D eigenvalue weighted by Gasteiger charge is -2.21. The molecule has 2 N–H and O–H groups in total. The van der Waals surface area contributed by atoms with Crippen molar-refractivity contribution in [2.45, 2.75) is 25.0 Å². The van der Waals surface area contributed by atoms with Gasteiger partial charge in [-0.15, -0.1) is 0 Å². The number of aromatic carboxylic acids is 1. The lowest BCUT2D eigenvalue weighted by Crippen LogP contribution is -2.48. The minimum Gasteiger partial charge on any atom is -0.496 e. The summed E-state index contributed by atoms with van der Waals surface area (Å²) in [6.07, 6.45) is 1.40. The maximum Gasteiger partial charge on any atom is 0.335 e. The number of nitrogens with one attached hydrogen (secondary N) is 1. The Balaban J connectivity index is 2.77. The van der Waals surface area contributed by atoms with Gasteiger partial charge in [0.25, 0.3) is 0 Å². The molecule has 128 valence electrons. The Morgan fingerprint density at radius 3 is 2.39 bits per heavy atom. The van der Waals surface area contributed by atoms with E-state index in [2.05, 4.69) is 5.32 Å². The number of rotatable bonds is 7.